The summed E-state index contributed by atoms with van der Waals surface area (Å²) >= 11 is 5.87. The lowest BCUT2D eigenvalue weighted by Crippen LogP contribution is -2.05. The van der Waals surface area contributed by atoms with E-state index >= 15 is 0 Å². The molecular weight excluding hydrogens is 318 g/mol. The molecule has 0 aliphatic heterocycles. The fourth-order valence-electron chi connectivity index (χ4n) is 2.36. The maximum atomic E-state index is 10.9. The largest absolute Gasteiger partial charge is 0.478 e. The van der Waals surface area contributed by atoms with E-state index in [0.29, 0.717) is 23.7 Å². The quantitative estimate of drug-likeness (QED) is 0.618. The molecule has 2 aromatic heterocycles. The van der Waals surface area contributed by atoms with Crippen LogP contribution in [0.15, 0.2) is 24.4 Å². The van der Waals surface area contributed by atoms with Crippen molar-refractivity contribution in [3.05, 3.63) is 35.1 Å². The van der Waals surface area contributed by atoms with Crippen molar-refractivity contribution in [2.45, 2.75) is 32.6 Å². The zero-order valence-electron chi connectivity index (χ0n) is 12.8. The van der Waals surface area contributed by atoms with E-state index in [4.69, 9.17) is 21.4 Å². The Morgan fingerprint density at radius 3 is 2.87 bits per heavy atom. The van der Waals surface area contributed by atoms with Gasteiger partial charge in [0, 0.05) is 12.3 Å². The van der Waals surface area contributed by atoms with E-state index in [0.717, 1.165) is 6.42 Å². The van der Waals surface area contributed by atoms with Gasteiger partial charge in [0.25, 0.3) is 0 Å². The van der Waals surface area contributed by atoms with Crippen LogP contribution in [0.4, 0.5) is 0 Å². The molecule has 6 nitrogen and oxygen atoms in total. The normalized spacial score (nSPS) is 15.4. The van der Waals surface area contributed by atoms with Crippen molar-refractivity contribution >= 4 is 17.6 Å². The fraction of sp³-hybridized carbons (Fsp3) is 0.438. The molecule has 0 spiro atoms. The minimum absolute atomic E-state index is 0.0346. The molecule has 0 bridgehead atoms. The Morgan fingerprint density at radius 2 is 2.22 bits per heavy atom. The van der Waals surface area contributed by atoms with Crippen LogP contribution in [-0.2, 0) is 0 Å². The van der Waals surface area contributed by atoms with Crippen LogP contribution in [0.25, 0.3) is 5.82 Å². The molecule has 1 aliphatic carbocycles. The van der Waals surface area contributed by atoms with Gasteiger partial charge >= 0.3 is 5.97 Å². The molecule has 122 valence electrons. The van der Waals surface area contributed by atoms with Gasteiger partial charge < -0.3 is 9.84 Å². The Labute approximate surface area is 139 Å². The second kappa shape index (κ2) is 6.20. The number of pyridine rings is 1. The topological polar surface area (TPSA) is 77.2 Å². The summed E-state index contributed by atoms with van der Waals surface area (Å²) in [6, 6.07) is 4.71. The van der Waals surface area contributed by atoms with E-state index in [1.54, 1.807) is 18.3 Å². The molecule has 0 aromatic carbocycles. The highest BCUT2D eigenvalue weighted by Gasteiger charge is 2.36. The first kappa shape index (κ1) is 15.8. The first-order chi connectivity index (χ1) is 11.0. The number of hydrogen-bond acceptors (Lipinski definition) is 4. The zero-order valence-corrected chi connectivity index (χ0v) is 13.6. The van der Waals surface area contributed by atoms with Crippen LogP contribution in [0.3, 0.4) is 0 Å². The van der Waals surface area contributed by atoms with Crippen molar-refractivity contribution < 1.29 is 14.6 Å². The summed E-state index contributed by atoms with van der Waals surface area (Å²) in [4.78, 5) is 15.0. The van der Waals surface area contributed by atoms with E-state index in [-0.39, 0.29) is 10.7 Å². The van der Waals surface area contributed by atoms with Gasteiger partial charge in [-0.1, -0.05) is 18.5 Å². The number of aromatic nitrogens is 3. The van der Waals surface area contributed by atoms with Crippen LogP contribution < -0.4 is 4.74 Å². The number of carboxylic acid groups (broad SMARTS) is 1. The number of rotatable bonds is 7. The number of hydrogen-bond donors (Lipinski definition) is 1. The minimum Gasteiger partial charge on any atom is -0.478 e. The van der Waals surface area contributed by atoms with Gasteiger partial charge in [0.05, 0.1) is 12.2 Å². The standard InChI is InChI=1S/C16H18ClN3O3/c1-16(7-8-16)6-2-10-23-13-5-9-20(19-13)12-4-3-11(15(21)22)14(17)18-12/h3-5,9H,2,6-8,10H2,1H3,(H,21,22). The molecular formula is C16H18ClN3O3. The summed E-state index contributed by atoms with van der Waals surface area (Å²) in [6.07, 6.45) is 6.54. The van der Waals surface area contributed by atoms with Crippen LogP contribution in [0.2, 0.25) is 5.15 Å². The first-order valence-electron chi connectivity index (χ1n) is 7.56. The summed E-state index contributed by atoms with van der Waals surface area (Å²) in [5.41, 5.74) is 0.502. The maximum absolute atomic E-state index is 10.9. The molecule has 0 radical (unpaired) electrons. The number of carbonyl (C=O) groups is 1. The molecule has 1 N–H and O–H groups in total. The Bertz CT molecular complexity index is 725. The Kier molecular flexibility index (Phi) is 4.26. The second-order valence-corrected chi connectivity index (χ2v) is 6.53. The Morgan fingerprint density at radius 1 is 1.43 bits per heavy atom. The maximum Gasteiger partial charge on any atom is 0.338 e. The van der Waals surface area contributed by atoms with Crippen molar-refractivity contribution in [2.75, 3.05) is 6.61 Å². The monoisotopic (exact) mass is 335 g/mol. The highest BCUT2D eigenvalue weighted by Crippen LogP contribution is 2.48. The van der Waals surface area contributed by atoms with Gasteiger partial charge in [-0.2, -0.15) is 0 Å². The predicted octanol–water partition coefficient (Wildman–Crippen LogP) is 3.58. The average molecular weight is 336 g/mol. The van der Waals surface area contributed by atoms with Crippen molar-refractivity contribution in [1.29, 1.82) is 0 Å². The van der Waals surface area contributed by atoms with Crippen LogP contribution in [-0.4, -0.2) is 32.4 Å². The van der Waals surface area contributed by atoms with E-state index < -0.39 is 5.97 Å². The molecule has 3 rings (SSSR count). The smallest absolute Gasteiger partial charge is 0.338 e. The Balaban J connectivity index is 1.60. The SMILES string of the molecule is CC1(CCCOc2ccn(-c3ccc(C(=O)O)c(Cl)n3)n2)CC1. The number of ether oxygens (including phenoxy) is 1. The number of aromatic carboxylic acids is 1. The van der Waals surface area contributed by atoms with Crippen LogP contribution in [0.1, 0.15) is 43.0 Å². The molecule has 1 fully saturated rings. The lowest BCUT2D eigenvalue weighted by molar-refractivity contribution is 0.0696. The van der Waals surface area contributed by atoms with E-state index in [1.165, 1.54) is 30.0 Å². The molecule has 2 heterocycles. The highest BCUT2D eigenvalue weighted by molar-refractivity contribution is 6.32. The van der Waals surface area contributed by atoms with Crippen LogP contribution >= 0.6 is 11.6 Å². The summed E-state index contributed by atoms with van der Waals surface area (Å²) in [5, 5.41) is 13.2. The average Bonchev–Trinajstić information content (AvgIpc) is 3.06. The van der Waals surface area contributed by atoms with Gasteiger partial charge in [-0.25, -0.2) is 14.5 Å². The zero-order chi connectivity index (χ0) is 16.4. The molecule has 1 saturated carbocycles. The third-order valence-electron chi connectivity index (χ3n) is 4.14. The number of nitrogens with zero attached hydrogens (tertiary/aromatic N) is 3. The lowest BCUT2D eigenvalue weighted by Gasteiger charge is -2.07. The van der Waals surface area contributed by atoms with E-state index in [1.807, 2.05) is 0 Å². The first-order valence-corrected chi connectivity index (χ1v) is 7.93. The second-order valence-electron chi connectivity index (χ2n) is 6.17. The van der Waals surface area contributed by atoms with Crippen LogP contribution in [0, 0.1) is 5.41 Å². The van der Waals surface area contributed by atoms with Gasteiger partial charge in [-0.3, -0.25) is 0 Å². The molecule has 7 heteroatoms. The van der Waals surface area contributed by atoms with Crippen molar-refractivity contribution in [3.63, 3.8) is 0 Å². The molecule has 0 saturated heterocycles. The lowest BCUT2D eigenvalue weighted by atomic mass is 10.0. The molecule has 1 aliphatic rings. The number of halogens is 1. The van der Waals surface area contributed by atoms with Crippen molar-refractivity contribution in [3.8, 4) is 11.7 Å². The van der Waals surface area contributed by atoms with Crippen molar-refractivity contribution in [1.82, 2.24) is 14.8 Å². The third kappa shape index (κ3) is 3.82. The summed E-state index contributed by atoms with van der Waals surface area (Å²) in [5.74, 6) is -0.144. The van der Waals surface area contributed by atoms with Gasteiger partial charge in [0.1, 0.15) is 5.15 Å². The van der Waals surface area contributed by atoms with Gasteiger partial charge in [-0.05, 0) is 43.2 Å². The third-order valence-corrected chi connectivity index (χ3v) is 4.43. The highest BCUT2D eigenvalue weighted by atomic mass is 35.5. The van der Waals surface area contributed by atoms with Gasteiger partial charge in [0.2, 0.25) is 5.88 Å². The fourth-order valence-corrected chi connectivity index (χ4v) is 2.59. The molecule has 0 unspecified atom stereocenters. The molecule has 0 amide bonds. The number of carboxylic acids is 1. The molecule has 23 heavy (non-hydrogen) atoms. The predicted molar refractivity (Wildman–Crippen MR) is 85.4 cm³/mol. The van der Waals surface area contributed by atoms with E-state index in [2.05, 4.69) is 17.0 Å². The summed E-state index contributed by atoms with van der Waals surface area (Å²) in [6.45, 7) is 2.94. The van der Waals surface area contributed by atoms with Gasteiger partial charge in [-0.15, -0.1) is 5.10 Å². The minimum atomic E-state index is -1.11. The van der Waals surface area contributed by atoms with Crippen LogP contribution in [0.5, 0.6) is 5.88 Å². The Hall–Kier alpha value is -2.08. The van der Waals surface area contributed by atoms with Gasteiger partial charge in [0.15, 0.2) is 5.82 Å². The van der Waals surface area contributed by atoms with Crippen molar-refractivity contribution in [2.24, 2.45) is 5.41 Å². The molecule has 2 aromatic rings. The van der Waals surface area contributed by atoms with E-state index in [9.17, 15) is 4.79 Å². The molecule has 0 atom stereocenters. The summed E-state index contributed by atoms with van der Waals surface area (Å²) < 4.78 is 7.15. The summed E-state index contributed by atoms with van der Waals surface area (Å²) in [7, 11) is 0.